The average Bonchev–Trinajstić information content (AvgIpc) is 3.23. The Morgan fingerprint density at radius 1 is 1.38 bits per heavy atom. The SMILES string of the molecule is COc1cccc(CC(=O)N2CC(CO)C(c3nc(C4CC4)no3)C2)c1. The van der Waals surface area contributed by atoms with E-state index in [1.54, 1.807) is 12.0 Å². The Bertz CT molecular complexity index is 787. The van der Waals surface area contributed by atoms with E-state index in [0.29, 0.717) is 31.3 Å². The zero-order valence-corrected chi connectivity index (χ0v) is 14.8. The summed E-state index contributed by atoms with van der Waals surface area (Å²) in [5, 5.41) is 13.8. The number of methoxy groups -OCH3 is 1. The second-order valence-electron chi connectivity index (χ2n) is 7.14. The molecule has 2 aromatic rings. The minimum absolute atomic E-state index is 0.00521. The van der Waals surface area contributed by atoms with Gasteiger partial charge >= 0.3 is 0 Å². The molecule has 0 spiro atoms. The molecule has 0 bridgehead atoms. The van der Waals surface area contributed by atoms with Crippen molar-refractivity contribution >= 4 is 5.91 Å². The van der Waals surface area contributed by atoms with Crippen molar-refractivity contribution < 1.29 is 19.2 Å². The number of likely N-dealkylation sites (tertiary alicyclic amines) is 1. The fourth-order valence-corrected chi connectivity index (χ4v) is 3.51. The summed E-state index contributed by atoms with van der Waals surface area (Å²) in [6, 6.07) is 7.52. The molecule has 1 amide bonds. The number of rotatable bonds is 6. The highest BCUT2D eigenvalue weighted by Gasteiger charge is 2.40. The number of benzene rings is 1. The summed E-state index contributed by atoms with van der Waals surface area (Å²) in [5.74, 6) is 2.32. The van der Waals surface area contributed by atoms with Gasteiger partial charge in [-0.3, -0.25) is 4.79 Å². The number of ether oxygens (including phenoxy) is 1. The second-order valence-corrected chi connectivity index (χ2v) is 7.14. The molecule has 7 heteroatoms. The molecule has 1 aromatic carbocycles. The van der Waals surface area contributed by atoms with Gasteiger partial charge in [0.05, 0.1) is 19.4 Å². The van der Waals surface area contributed by atoms with Crippen LogP contribution < -0.4 is 4.74 Å². The minimum Gasteiger partial charge on any atom is -0.497 e. The maximum absolute atomic E-state index is 12.7. The highest BCUT2D eigenvalue weighted by molar-refractivity contribution is 5.79. The van der Waals surface area contributed by atoms with E-state index in [1.165, 1.54) is 0 Å². The van der Waals surface area contributed by atoms with Crippen LogP contribution in [0.1, 0.15) is 42.0 Å². The summed E-state index contributed by atoms with van der Waals surface area (Å²) in [4.78, 5) is 19.0. The molecule has 2 aliphatic rings. The normalized spacial score (nSPS) is 22.6. The maximum atomic E-state index is 12.7. The molecule has 4 rings (SSSR count). The lowest BCUT2D eigenvalue weighted by Gasteiger charge is -2.16. The van der Waals surface area contributed by atoms with Crippen LogP contribution in [0.2, 0.25) is 0 Å². The molecule has 138 valence electrons. The van der Waals surface area contributed by atoms with Gasteiger partial charge in [-0.2, -0.15) is 4.98 Å². The maximum Gasteiger partial charge on any atom is 0.231 e. The molecular weight excluding hydrogens is 334 g/mol. The topological polar surface area (TPSA) is 88.7 Å². The summed E-state index contributed by atoms with van der Waals surface area (Å²) in [6.07, 6.45) is 2.52. The quantitative estimate of drug-likeness (QED) is 0.847. The molecule has 7 nitrogen and oxygen atoms in total. The van der Waals surface area contributed by atoms with Crippen LogP contribution >= 0.6 is 0 Å². The fraction of sp³-hybridized carbons (Fsp3) is 0.526. The zero-order valence-electron chi connectivity index (χ0n) is 14.8. The van der Waals surface area contributed by atoms with Gasteiger partial charge in [0.25, 0.3) is 0 Å². The molecule has 1 aromatic heterocycles. The smallest absolute Gasteiger partial charge is 0.231 e. The lowest BCUT2D eigenvalue weighted by molar-refractivity contribution is -0.129. The monoisotopic (exact) mass is 357 g/mol. The summed E-state index contributed by atoms with van der Waals surface area (Å²) < 4.78 is 10.6. The molecule has 0 radical (unpaired) electrons. The van der Waals surface area contributed by atoms with Gasteiger partial charge in [-0.05, 0) is 30.5 Å². The number of hydrogen-bond acceptors (Lipinski definition) is 6. The Hall–Kier alpha value is -2.41. The molecule has 1 aliphatic heterocycles. The Balaban J connectivity index is 1.44. The molecule has 2 unspecified atom stereocenters. The predicted octanol–water partition coefficient (Wildman–Crippen LogP) is 1.73. The van der Waals surface area contributed by atoms with Crippen LogP contribution in [-0.4, -0.2) is 52.9 Å². The highest BCUT2D eigenvalue weighted by Crippen LogP contribution is 2.40. The highest BCUT2D eigenvalue weighted by atomic mass is 16.5. The van der Waals surface area contributed by atoms with Crippen molar-refractivity contribution in [3.05, 3.63) is 41.5 Å². The van der Waals surface area contributed by atoms with Crippen molar-refractivity contribution in [2.45, 2.75) is 31.1 Å². The number of hydrogen-bond donors (Lipinski definition) is 1. The third kappa shape index (κ3) is 3.44. The average molecular weight is 357 g/mol. The van der Waals surface area contributed by atoms with Crippen molar-refractivity contribution in [2.75, 3.05) is 26.8 Å². The van der Waals surface area contributed by atoms with Gasteiger partial charge < -0.3 is 19.3 Å². The molecule has 1 aliphatic carbocycles. The number of carbonyl (C=O) groups excluding carboxylic acids is 1. The van der Waals surface area contributed by atoms with Crippen molar-refractivity contribution in [2.24, 2.45) is 5.92 Å². The van der Waals surface area contributed by atoms with E-state index in [-0.39, 0.29) is 24.3 Å². The van der Waals surface area contributed by atoms with E-state index >= 15 is 0 Å². The third-order valence-corrected chi connectivity index (χ3v) is 5.23. The van der Waals surface area contributed by atoms with E-state index in [4.69, 9.17) is 9.26 Å². The molecule has 1 saturated carbocycles. The molecule has 1 saturated heterocycles. The summed E-state index contributed by atoms with van der Waals surface area (Å²) in [5.41, 5.74) is 0.909. The number of nitrogens with zero attached hydrogens (tertiary/aromatic N) is 3. The van der Waals surface area contributed by atoms with Crippen molar-refractivity contribution in [3.63, 3.8) is 0 Å². The van der Waals surface area contributed by atoms with E-state index < -0.39 is 0 Å². The molecular formula is C19H23N3O4. The Labute approximate surface area is 152 Å². The molecule has 1 N–H and O–H groups in total. The number of aromatic nitrogens is 2. The Morgan fingerprint density at radius 3 is 2.96 bits per heavy atom. The molecule has 2 heterocycles. The van der Waals surface area contributed by atoms with Crippen molar-refractivity contribution in [1.29, 1.82) is 0 Å². The zero-order chi connectivity index (χ0) is 18.1. The van der Waals surface area contributed by atoms with E-state index in [0.717, 1.165) is 30.0 Å². The van der Waals surface area contributed by atoms with Gasteiger partial charge in [0.15, 0.2) is 5.82 Å². The molecule has 2 fully saturated rings. The van der Waals surface area contributed by atoms with Crippen LogP contribution in [0.15, 0.2) is 28.8 Å². The lowest BCUT2D eigenvalue weighted by Crippen LogP contribution is -2.30. The minimum atomic E-state index is -0.103. The first-order valence-corrected chi connectivity index (χ1v) is 9.03. The van der Waals surface area contributed by atoms with Gasteiger partial charge in [0, 0.05) is 31.5 Å². The molecule has 26 heavy (non-hydrogen) atoms. The van der Waals surface area contributed by atoms with Crippen molar-refractivity contribution in [1.82, 2.24) is 15.0 Å². The first-order valence-electron chi connectivity index (χ1n) is 9.03. The fourth-order valence-electron chi connectivity index (χ4n) is 3.51. The van der Waals surface area contributed by atoms with Crippen LogP contribution in [0.4, 0.5) is 0 Å². The number of carbonyl (C=O) groups is 1. The summed E-state index contributed by atoms with van der Waals surface area (Å²) >= 11 is 0. The van der Waals surface area contributed by atoms with E-state index in [2.05, 4.69) is 10.1 Å². The summed E-state index contributed by atoms with van der Waals surface area (Å²) in [7, 11) is 1.61. The Kier molecular flexibility index (Phi) is 4.63. The second kappa shape index (κ2) is 7.07. The predicted molar refractivity (Wildman–Crippen MR) is 92.9 cm³/mol. The third-order valence-electron chi connectivity index (χ3n) is 5.23. The van der Waals surface area contributed by atoms with Crippen LogP contribution in [0, 0.1) is 5.92 Å². The van der Waals surface area contributed by atoms with E-state index in [1.807, 2.05) is 24.3 Å². The number of amides is 1. The standard InChI is InChI=1S/C19H23N3O4/c1-25-15-4-2-3-12(7-15)8-17(24)22-9-14(11-23)16(10-22)19-20-18(21-26-19)13-5-6-13/h2-4,7,13-14,16,23H,5-6,8-11H2,1H3. The van der Waals surface area contributed by atoms with Gasteiger partial charge in [-0.1, -0.05) is 17.3 Å². The summed E-state index contributed by atoms with van der Waals surface area (Å²) in [6.45, 7) is 1.00. The number of aliphatic hydroxyl groups excluding tert-OH is 1. The van der Waals surface area contributed by atoms with Gasteiger partial charge in [-0.25, -0.2) is 0 Å². The van der Waals surface area contributed by atoms with E-state index in [9.17, 15) is 9.90 Å². The first-order chi connectivity index (χ1) is 12.7. The largest absolute Gasteiger partial charge is 0.497 e. The van der Waals surface area contributed by atoms with Crippen LogP contribution in [-0.2, 0) is 11.2 Å². The van der Waals surface area contributed by atoms with Crippen LogP contribution in [0.5, 0.6) is 5.75 Å². The van der Waals surface area contributed by atoms with Gasteiger partial charge in [0.1, 0.15) is 5.75 Å². The first kappa shape index (κ1) is 17.0. The van der Waals surface area contributed by atoms with Crippen LogP contribution in [0.3, 0.4) is 0 Å². The van der Waals surface area contributed by atoms with Crippen LogP contribution in [0.25, 0.3) is 0 Å². The van der Waals surface area contributed by atoms with Gasteiger partial charge in [0.2, 0.25) is 11.8 Å². The Morgan fingerprint density at radius 2 is 2.23 bits per heavy atom. The van der Waals surface area contributed by atoms with Crippen molar-refractivity contribution in [3.8, 4) is 5.75 Å². The molecule has 2 atom stereocenters. The lowest BCUT2D eigenvalue weighted by atomic mass is 9.97. The van der Waals surface area contributed by atoms with Gasteiger partial charge in [-0.15, -0.1) is 0 Å². The number of aliphatic hydroxyl groups is 1.